The fourth-order valence-corrected chi connectivity index (χ4v) is 3.09. The highest BCUT2D eigenvalue weighted by molar-refractivity contribution is 9.10. The van der Waals surface area contributed by atoms with Gasteiger partial charge in [0.1, 0.15) is 4.60 Å². The topological polar surface area (TPSA) is 41.1 Å². The van der Waals surface area contributed by atoms with Crippen LogP contribution in [0.3, 0.4) is 0 Å². The average Bonchev–Trinajstić information content (AvgIpc) is 2.88. The summed E-state index contributed by atoms with van der Waals surface area (Å²) in [6, 6.07) is 3.92. The minimum Gasteiger partial charge on any atom is -0.378 e. The molecule has 1 N–H and O–H groups in total. The number of nitrogens with zero attached hydrogens (tertiary/aromatic N) is 3. The molecule has 2 aromatic heterocycles. The van der Waals surface area contributed by atoms with Crippen molar-refractivity contribution in [3.8, 4) is 0 Å². The van der Waals surface area contributed by atoms with Crippen molar-refractivity contribution in [2.24, 2.45) is 0 Å². The van der Waals surface area contributed by atoms with E-state index in [9.17, 15) is 0 Å². The maximum atomic E-state index is 4.47. The van der Waals surface area contributed by atoms with Gasteiger partial charge in [-0.3, -0.25) is 0 Å². The summed E-state index contributed by atoms with van der Waals surface area (Å²) < 4.78 is 0.837. The van der Waals surface area contributed by atoms with E-state index in [1.165, 1.54) is 4.88 Å². The van der Waals surface area contributed by atoms with Gasteiger partial charge < -0.3 is 10.2 Å². The Morgan fingerprint density at radius 1 is 1.32 bits per heavy atom. The molecule has 0 saturated carbocycles. The molecule has 0 atom stereocenters. The van der Waals surface area contributed by atoms with Gasteiger partial charge in [-0.15, -0.1) is 11.3 Å². The van der Waals surface area contributed by atoms with Crippen LogP contribution in [-0.2, 0) is 6.54 Å². The van der Waals surface area contributed by atoms with E-state index in [0.717, 1.165) is 35.1 Å². The molecule has 4 nitrogen and oxygen atoms in total. The highest BCUT2D eigenvalue weighted by Gasteiger charge is 2.08. The maximum absolute atomic E-state index is 4.47. The van der Waals surface area contributed by atoms with E-state index >= 15 is 0 Å². The number of hydrogen-bond donors (Lipinski definition) is 1. The lowest BCUT2D eigenvalue weighted by atomic mass is 10.4. The fourth-order valence-electron chi connectivity index (χ4n) is 1.72. The van der Waals surface area contributed by atoms with E-state index in [0.29, 0.717) is 0 Å². The third kappa shape index (κ3) is 3.67. The predicted molar refractivity (Wildman–Crippen MR) is 84.9 cm³/mol. The molecule has 0 bridgehead atoms. The van der Waals surface area contributed by atoms with E-state index in [2.05, 4.69) is 50.0 Å². The Morgan fingerprint density at radius 2 is 2.11 bits per heavy atom. The number of pyridine rings is 1. The first kappa shape index (κ1) is 14.3. The molecule has 0 aromatic carbocycles. The third-order valence-electron chi connectivity index (χ3n) is 2.79. The summed E-state index contributed by atoms with van der Waals surface area (Å²) in [7, 11) is 0. The molecule has 0 radical (unpaired) electrons. The summed E-state index contributed by atoms with van der Waals surface area (Å²) >= 11 is 5.16. The van der Waals surface area contributed by atoms with Crippen molar-refractivity contribution in [3.05, 3.63) is 34.0 Å². The predicted octanol–water partition coefficient (Wildman–Crippen LogP) is 3.76. The molecule has 0 amide bonds. The highest BCUT2D eigenvalue weighted by atomic mass is 79.9. The van der Waals surface area contributed by atoms with E-state index in [-0.39, 0.29) is 0 Å². The fraction of sp³-hybridized carbons (Fsp3) is 0.385. The number of anilines is 2. The van der Waals surface area contributed by atoms with Gasteiger partial charge in [0.25, 0.3) is 0 Å². The maximum Gasteiger partial charge on any atom is 0.185 e. The number of halogens is 1. The molecule has 0 spiro atoms. The number of nitrogens with one attached hydrogen (secondary N) is 1. The van der Waals surface area contributed by atoms with E-state index in [1.807, 2.05) is 18.3 Å². The smallest absolute Gasteiger partial charge is 0.185 e. The van der Waals surface area contributed by atoms with Crippen molar-refractivity contribution in [1.29, 1.82) is 0 Å². The summed E-state index contributed by atoms with van der Waals surface area (Å²) in [6.45, 7) is 7.05. The molecule has 0 aliphatic heterocycles. The van der Waals surface area contributed by atoms with Gasteiger partial charge in [0.15, 0.2) is 5.13 Å². The van der Waals surface area contributed by atoms with Gasteiger partial charge >= 0.3 is 0 Å². The van der Waals surface area contributed by atoms with Gasteiger partial charge in [-0.05, 0) is 41.9 Å². The number of thiazole rings is 1. The van der Waals surface area contributed by atoms with Gasteiger partial charge in [0, 0.05) is 30.4 Å². The van der Waals surface area contributed by atoms with Crippen molar-refractivity contribution in [2.45, 2.75) is 20.4 Å². The van der Waals surface area contributed by atoms with Crippen LogP contribution in [0.25, 0.3) is 0 Å². The van der Waals surface area contributed by atoms with Crippen LogP contribution >= 0.6 is 27.3 Å². The first-order valence-electron chi connectivity index (χ1n) is 6.28. The second-order valence-electron chi connectivity index (χ2n) is 3.98. The Morgan fingerprint density at radius 3 is 2.79 bits per heavy atom. The zero-order chi connectivity index (χ0) is 13.7. The summed E-state index contributed by atoms with van der Waals surface area (Å²) in [5, 5.41) is 4.45. The van der Waals surface area contributed by atoms with Gasteiger partial charge in [0.2, 0.25) is 0 Å². The van der Waals surface area contributed by atoms with Crippen LogP contribution in [0.2, 0.25) is 0 Å². The average molecular weight is 341 g/mol. The van der Waals surface area contributed by atoms with E-state index < -0.39 is 0 Å². The quantitative estimate of drug-likeness (QED) is 0.813. The number of aromatic nitrogens is 2. The van der Waals surface area contributed by atoms with Crippen LogP contribution in [0.4, 0.5) is 10.8 Å². The Kier molecular flexibility index (Phi) is 5.15. The van der Waals surface area contributed by atoms with Gasteiger partial charge in [-0.25, -0.2) is 9.97 Å². The Bertz CT molecular complexity index is 525. The largest absolute Gasteiger partial charge is 0.378 e. The molecule has 0 fully saturated rings. The van der Waals surface area contributed by atoms with Crippen molar-refractivity contribution in [3.63, 3.8) is 0 Å². The second-order valence-corrected chi connectivity index (χ2v) is 5.82. The van der Waals surface area contributed by atoms with Crippen LogP contribution in [-0.4, -0.2) is 23.1 Å². The number of hydrogen-bond acceptors (Lipinski definition) is 5. The molecular weight excluding hydrogens is 324 g/mol. The van der Waals surface area contributed by atoms with E-state index in [4.69, 9.17) is 0 Å². The van der Waals surface area contributed by atoms with Crippen LogP contribution in [0.5, 0.6) is 0 Å². The monoisotopic (exact) mass is 340 g/mol. The molecule has 0 saturated heterocycles. The molecular formula is C13H17BrN4S. The third-order valence-corrected chi connectivity index (χ3v) is 4.48. The Labute approximate surface area is 126 Å². The minimum absolute atomic E-state index is 0.767. The molecule has 2 aromatic rings. The van der Waals surface area contributed by atoms with Gasteiger partial charge in [-0.1, -0.05) is 0 Å². The molecule has 19 heavy (non-hydrogen) atoms. The Hall–Kier alpha value is -1.14. The van der Waals surface area contributed by atoms with Crippen molar-refractivity contribution in [1.82, 2.24) is 9.97 Å². The van der Waals surface area contributed by atoms with Gasteiger partial charge in [0.05, 0.1) is 12.2 Å². The van der Waals surface area contributed by atoms with Crippen molar-refractivity contribution >= 4 is 38.1 Å². The van der Waals surface area contributed by atoms with Crippen LogP contribution in [0.15, 0.2) is 29.1 Å². The van der Waals surface area contributed by atoms with E-state index in [1.54, 1.807) is 17.5 Å². The zero-order valence-electron chi connectivity index (χ0n) is 11.1. The second kappa shape index (κ2) is 6.86. The minimum atomic E-state index is 0.767. The summed E-state index contributed by atoms with van der Waals surface area (Å²) in [4.78, 5) is 12.1. The SMILES string of the molecule is CCN(CC)c1ncc(CNc2cccnc2Br)s1. The lowest BCUT2D eigenvalue weighted by molar-refractivity contribution is 0.860. The molecule has 2 heterocycles. The normalized spacial score (nSPS) is 10.5. The molecule has 6 heteroatoms. The van der Waals surface area contributed by atoms with Crippen molar-refractivity contribution in [2.75, 3.05) is 23.3 Å². The molecule has 102 valence electrons. The van der Waals surface area contributed by atoms with Gasteiger partial charge in [-0.2, -0.15) is 0 Å². The first-order valence-corrected chi connectivity index (χ1v) is 7.89. The molecule has 0 aliphatic rings. The number of rotatable bonds is 6. The Balaban J connectivity index is 1.99. The van der Waals surface area contributed by atoms with Crippen LogP contribution in [0, 0.1) is 0 Å². The lowest BCUT2D eigenvalue weighted by Gasteiger charge is -2.16. The zero-order valence-corrected chi connectivity index (χ0v) is 13.5. The summed E-state index contributed by atoms with van der Waals surface area (Å²) in [6.07, 6.45) is 3.70. The van der Waals surface area contributed by atoms with Crippen molar-refractivity contribution < 1.29 is 0 Å². The first-order chi connectivity index (χ1) is 9.24. The van der Waals surface area contributed by atoms with Crippen LogP contribution < -0.4 is 10.2 Å². The van der Waals surface area contributed by atoms with Crippen LogP contribution in [0.1, 0.15) is 18.7 Å². The highest BCUT2D eigenvalue weighted by Crippen LogP contribution is 2.24. The summed E-state index contributed by atoms with van der Waals surface area (Å²) in [5.74, 6) is 0. The molecule has 2 rings (SSSR count). The lowest BCUT2D eigenvalue weighted by Crippen LogP contribution is -2.21. The molecule has 0 unspecified atom stereocenters. The standard InChI is InChI=1S/C13H17BrN4S/c1-3-18(4-2)13-17-9-10(19-13)8-16-11-6-5-7-15-12(11)14/h5-7,9,16H,3-4,8H2,1-2H3. The summed E-state index contributed by atoms with van der Waals surface area (Å²) in [5.41, 5.74) is 1.00. The molecule has 0 aliphatic carbocycles.